The Morgan fingerprint density at radius 3 is 1.79 bits per heavy atom. The number of benzene rings is 9. The van der Waals surface area contributed by atoms with Crippen molar-refractivity contribution < 1.29 is 8.83 Å². The molecule has 0 aliphatic carbocycles. The summed E-state index contributed by atoms with van der Waals surface area (Å²) >= 11 is 0. The molecule has 0 radical (unpaired) electrons. The van der Waals surface area contributed by atoms with Crippen molar-refractivity contribution in [2.75, 3.05) is 4.90 Å². The Morgan fingerprint density at radius 1 is 0.321 bits per heavy atom. The normalized spacial score (nSPS) is 11.8. The van der Waals surface area contributed by atoms with Crippen LogP contribution in [0.15, 0.2) is 197 Å². The smallest absolute Gasteiger partial charge is 0.159 e. The third kappa shape index (κ3) is 4.54. The van der Waals surface area contributed by atoms with E-state index in [9.17, 15) is 0 Å². The highest BCUT2D eigenvalue weighted by Crippen LogP contribution is 2.50. The van der Waals surface area contributed by atoms with Gasteiger partial charge in [0.1, 0.15) is 16.7 Å². The minimum atomic E-state index is 0.830. The van der Waals surface area contributed by atoms with Gasteiger partial charge in [-0.05, 0) is 69.2 Å². The predicted octanol–water partition coefficient (Wildman–Crippen LogP) is 14.6. The van der Waals surface area contributed by atoms with E-state index in [1.165, 1.54) is 21.9 Å². The number of nitrogens with zero attached hydrogens (tertiary/aromatic N) is 1. The standard InChI is InChI=1S/C50H31NO2/c1-2-15-33(16-3-1)35-20-8-10-26-43(35)51(45-28-13-25-40-38-22-9-11-29-46(38)52-50(40)45)44-27-14-30-47-48(44)42-31-41(37-21-6-7-23-39(37)49(42)53-47)36-24-12-18-32-17-4-5-19-34(32)36/h1-31H. The molecule has 0 saturated carbocycles. The van der Waals surface area contributed by atoms with Crippen LogP contribution in [0.1, 0.15) is 0 Å². The van der Waals surface area contributed by atoms with Crippen molar-refractivity contribution in [2.45, 2.75) is 0 Å². The molecule has 11 rings (SSSR count). The van der Waals surface area contributed by atoms with Crippen molar-refractivity contribution >= 4 is 82.5 Å². The van der Waals surface area contributed by atoms with E-state index in [0.717, 1.165) is 82.8 Å². The monoisotopic (exact) mass is 677 g/mol. The molecule has 0 unspecified atom stereocenters. The molecule has 0 fully saturated rings. The lowest BCUT2D eigenvalue weighted by molar-refractivity contribution is 0.669. The molecule has 0 saturated heterocycles. The van der Waals surface area contributed by atoms with Crippen LogP contribution >= 0.6 is 0 Å². The number of para-hydroxylation sites is 3. The summed E-state index contributed by atoms with van der Waals surface area (Å²) in [5.41, 5.74) is 11.1. The number of fused-ring (bicyclic) bond motifs is 9. The van der Waals surface area contributed by atoms with Gasteiger partial charge in [0.25, 0.3) is 0 Å². The van der Waals surface area contributed by atoms with Gasteiger partial charge in [0.15, 0.2) is 5.58 Å². The van der Waals surface area contributed by atoms with Crippen LogP contribution in [0.25, 0.3) is 87.7 Å². The van der Waals surface area contributed by atoms with Gasteiger partial charge in [0.05, 0.1) is 22.4 Å². The average Bonchev–Trinajstić information content (AvgIpc) is 3.81. The topological polar surface area (TPSA) is 29.5 Å². The Labute approximate surface area is 305 Å². The first kappa shape index (κ1) is 29.6. The summed E-state index contributed by atoms with van der Waals surface area (Å²) < 4.78 is 13.7. The zero-order chi connectivity index (χ0) is 34.9. The first-order valence-electron chi connectivity index (χ1n) is 18.0. The summed E-state index contributed by atoms with van der Waals surface area (Å²) in [6.07, 6.45) is 0. The third-order valence-corrected chi connectivity index (χ3v) is 10.7. The van der Waals surface area contributed by atoms with Crippen LogP contribution in [-0.2, 0) is 0 Å². The van der Waals surface area contributed by atoms with Crippen molar-refractivity contribution in [3.05, 3.63) is 188 Å². The van der Waals surface area contributed by atoms with Crippen LogP contribution in [0.3, 0.4) is 0 Å². The molecule has 9 aromatic carbocycles. The van der Waals surface area contributed by atoms with Gasteiger partial charge in [-0.15, -0.1) is 0 Å². The Morgan fingerprint density at radius 2 is 0.887 bits per heavy atom. The van der Waals surface area contributed by atoms with E-state index in [4.69, 9.17) is 8.83 Å². The van der Waals surface area contributed by atoms with Crippen molar-refractivity contribution in [3.63, 3.8) is 0 Å². The summed E-state index contributed by atoms with van der Waals surface area (Å²) in [5.74, 6) is 0. The molecule has 0 spiro atoms. The predicted molar refractivity (Wildman–Crippen MR) is 222 cm³/mol. The molecule has 0 bridgehead atoms. The van der Waals surface area contributed by atoms with Gasteiger partial charge >= 0.3 is 0 Å². The minimum absolute atomic E-state index is 0.830. The van der Waals surface area contributed by atoms with Gasteiger partial charge in [-0.25, -0.2) is 0 Å². The van der Waals surface area contributed by atoms with Crippen LogP contribution < -0.4 is 4.90 Å². The van der Waals surface area contributed by atoms with Gasteiger partial charge in [-0.2, -0.15) is 0 Å². The third-order valence-electron chi connectivity index (χ3n) is 10.7. The lowest BCUT2D eigenvalue weighted by Gasteiger charge is -2.28. The molecular formula is C50H31NO2. The number of anilines is 3. The van der Waals surface area contributed by atoms with Crippen LogP contribution in [0.4, 0.5) is 17.1 Å². The lowest BCUT2D eigenvalue weighted by Crippen LogP contribution is -2.12. The molecule has 53 heavy (non-hydrogen) atoms. The first-order chi connectivity index (χ1) is 26.3. The maximum absolute atomic E-state index is 6.91. The summed E-state index contributed by atoms with van der Waals surface area (Å²) in [6.45, 7) is 0. The van der Waals surface area contributed by atoms with Gasteiger partial charge in [-0.1, -0.05) is 152 Å². The molecule has 3 nitrogen and oxygen atoms in total. The number of rotatable bonds is 5. The Kier molecular flexibility index (Phi) is 6.55. The summed E-state index contributed by atoms with van der Waals surface area (Å²) in [5, 5.41) is 8.98. The van der Waals surface area contributed by atoms with Crippen LogP contribution in [-0.4, -0.2) is 0 Å². The zero-order valence-electron chi connectivity index (χ0n) is 28.7. The molecule has 0 aliphatic heterocycles. The van der Waals surface area contributed by atoms with E-state index in [1.807, 2.05) is 12.1 Å². The molecule has 2 heterocycles. The van der Waals surface area contributed by atoms with Gasteiger partial charge in [0, 0.05) is 27.1 Å². The van der Waals surface area contributed by atoms with Crippen LogP contribution in [0.5, 0.6) is 0 Å². The quantitative estimate of drug-likeness (QED) is 0.182. The SMILES string of the molecule is c1ccc(-c2ccccc2N(c2cccc3c2oc2ccccc23)c2cccc3oc4c5ccccc5c(-c5cccc6ccccc56)cc4c23)cc1. The van der Waals surface area contributed by atoms with Gasteiger partial charge in [-0.3, -0.25) is 0 Å². The van der Waals surface area contributed by atoms with E-state index in [2.05, 4.69) is 181 Å². The number of furan rings is 2. The maximum atomic E-state index is 6.91. The van der Waals surface area contributed by atoms with E-state index >= 15 is 0 Å². The van der Waals surface area contributed by atoms with Crippen LogP contribution in [0, 0.1) is 0 Å². The molecular weight excluding hydrogens is 647 g/mol. The van der Waals surface area contributed by atoms with Gasteiger partial charge in [0.2, 0.25) is 0 Å². The highest BCUT2D eigenvalue weighted by atomic mass is 16.3. The van der Waals surface area contributed by atoms with Crippen LogP contribution in [0.2, 0.25) is 0 Å². The molecule has 0 N–H and O–H groups in total. The fourth-order valence-electron chi connectivity index (χ4n) is 8.33. The first-order valence-corrected chi connectivity index (χ1v) is 18.0. The fraction of sp³-hybridized carbons (Fsp3) is 0. The van der Waals surface area contributed by atoms with E-state index in [1.54, 1.807) is 0 Å². The zero-order valence-corrected chi connectivity index (χ0v) is 28.7. The lowest BCUT2D eigenvalue weighted by atomic mass is 9.92. The van der Waals surface area contributed by atoms with E-state index < -0.39 is 0 Å². The number of hydrogen-bond donors (Lipinski definition) is 0. The molecule has 2 aromatic heterocycles. The molecule has 11 aromatic rings. The molecule has 0 amide bonds. The fourth-order valence-corrected chi connectivity index (χ4v) is 8.33. The minimum Gasteiger partial charge on any atom is -0.455 e. The summed E-state index contributed by atoms with van der Waals surface area (Å²) in [7, 11) is 0. The second kappa shape index (κ2) is 11.7. The van der Waals surface area contributed by atoms with Gasteiger partial charge < -0.3 is 13.7 Å². The Balaban J connectivity index is 1.27. The highest BCUT2D eigenvalue weighted by Gasteiger charge is 2.26. The summed E-state index contributed by atoms with van der Waals surface area (Å²) in [4.78, 5) is 2.37. The van der Waals surface area contributed by atoms with Crippen molar-refractivity contribution in [2.24, 2.45) is 0 Å². The Bertz CT molecular complexity index is 3180. The number of hydrogen-bond acceptors (Lipinski definition) is 3. The molecule has 3 heteroatoms. The highest BCUT2D eigenvalue weighted by molar-refractivity contribution is 6.24. The maximum Gasteiger partial charge on any atom is 0.159 e. The Hall–Kier alpha value is -7.10. The second-order valence-corrected chi connectivity index (χ2v) is 13.6. The molecule has 248 valence electrons. The molecule has 0 aliphatic rings. The molecule has 0 atom stereocenters. The average molecular weight is 678 g/mol. The second-order valence-electron chi connectivity index (χ2n) is 13.6. The van der Waals surface area contributed by atoms with E-state index in [0.29, 0.717) is 0 Å². The van der Waals surface area contributed by atoms with Crippen molar-refractivity contribution in [1.29, 1.82) is 0 Å². The summed E-state index contributed by atoms with van der Waals surface area (Å²) in [6, 6.07) is 66.6. The van der Waals surface area contributed by atoms with Crippen molar-refractivity contribution in [3.8, 4) is 22.3 Å². The van der Waals surface area contributed by atoms with E-state index in [-0.39, 0.29) is 0 Å². The largest absolute Gasteiger partial charge is 0.455 e. The van der Waals surface area contributed by atoms with Crippen molar-refractivity contribution in [1.82, 2.24) is 0 Å².